The van der Waals surface area contributed by atoms with Crippen molar-refractivity contribution in [2.75, 3.05) is 13.1 Å². The molecule has 10 heteroatoms. The lowest BCUT2D eigenvalue weighted by Crippen LogP contribution is -2.59. The zero-order valence-electron chi connectivity index (χ0n) is 21.3. The van der Waals surface area contributed by atoms with Gasteiger partial charge in [-0.2, -0.15) is 0 Å². The van der Waals surface area contributed by atoms with Crippen LogP contribution in [0.15, 0.2) is 60.7 Å². The number of benzene rings is 2. The lowest BCUT2D eigenvalue weighted by molar-refractivity contribution is -0.154. The maximum absolute atomic E-state index is 15.1. The summed E-state index contributed by atoms with van der Waals surface area (Å²) in [4.78, 5) is 42.6. The fourth-order valence-electron chi connectivity index (χ4n) is 5.72. The summed E-state index contributed by atoms with van der Waals surface area (Å²) in [7, 11) is -3.63. The molecule has 2 aromatic rings. The summed E-state index contributed by atoms with van der Waals surface area (Å²) in [5.41, 5.74) is 7.36. The van der Waals surface area contributed by atoms with Gasteiger partial charge in [-0.15, -0.1) is 0 Å². The quantitative estimate of drug-likeness (QED) is 0.442. The number of nitrogens with two attached hydrogens (primary N) is 1. The Balaban J connectivity index is 0.00000380. The van der Waals surface area contributed by atoms with Gasteiger partial charge >= 0.3 is 5.97 Å². The Bertz CT molecular complexity index is 1110. The number of aliphatic carboxylic acids is 1. The first-order valence-corrected chi connectivity index (χ1v) is 14.5. The van der Waals surface area contributed by atoms with Crippen molar-refractivity contribution in [2.45, 2.75) is 62.3 Å². The standard InChI is InChI=1S/C27H34N3O5P.H3N/c1-20(28)24(31)29-16-8-14-23(29)25(32)30-17-9-15-27(30,26(33)34)36(35,18-21-10-4-2-5-11-21)19-22-12-6-3-7-13-22;/h2-7,10-13,20,23H,8-9,14-19,28H2,1H3,(H,33,34);1H3/t20-,23-,27+;/m0./s1. The van der Waals surface area contributed by atoms with Crippen molar-refractivity contribution < 1.29 is 24.1 Å². The average Bonchev–Trinajstić information content (AvgIpc) is 3.53. The first kappa shape index (κ1) is 28.6. The summed E-state index contributed by atoms with van der Waals surface area (Å²) >= 11 is 0. The second-order valence-corrected chi connectivity index (χ2v) is 13.0. The number of amides is 2. The third kappa shape index (κ3) is 5.35. The molecule has 3 atom stereocenters. The highest BCUT2D eigenvalue weighted by Gasteiger charge is 2.62. The van der Waals surface area contributed by atoms with Crippen LogP contribution in [0.5, 0.6) is 0 Å². The maximum Gasteiger partial charge on any atom is 0.337 e. The molecular formula is C27H37N4O5P. The van der Waals surface area contributed by atoms with E-state index in [0.29, 0.717) is 25.8 Å². The number of hydrogen-bond donors (Lipinski definition) is 3. The molecular weight excluding hydrogens is 491 g/mol. The first-order chi connectivity index (χ1) is 17.2. The lowest BCUT2D eigenvalue weighted by Gasteiger charge is -2.43. The molecule has 0 bridgehead atoms. The van der Waals surface area contributed by atoms with E-state index < -0.39 is 36.4 Å². The van der Waals surface area contributed by atoms with Crippen LogP contribution in [0.3, 0.4) is 0 Å². The topological polar surface area (TPSA) is 156 Å². The van der Waals surface area contributed by atoms with Crippen LogP contribution >= 0.6 is 7.14 Å². The number of likely N-dealkylation sites (tertiary alicyclic amines) is 2. The van der Waals surface area contributed by atoms with Crippen LogP contribution in [0.1, 0.15) is 43.7 Å². The van der Waals surface area contributed by atoms with E-state index in [1.165, 1.54) is 9.80 Å². The maximum atomic E-state index is 15.1. The number of carboxylic acids is 1. The van der Waals surface area contributed by atoms with Gasteiger partial charge in [-0.25, -0.2) is 4.79 Å². The van der Waals surface area contributed by atoms with E-state index in [4.69, 9.17) is 5.73 Å². The lowest BCUT2D eigenvalue weighted by atomic mass is 10.1. The van der Waals surface area contributed by atoms with Crippen molar-refractivity contribution in [1.29, 1.82) is 0 Å². The fraction of sp³-hybridized carbons (Fsp3) is 0.444. The molecule has 2 aliphatic rings. The van der Waals surface area contributed by atoms with Crippen molar-refractivity contribution in [3.05, 3.63) is 71.8 Å². The molecule has 2 aromatic carbocycles. The number of rotatable bonds is 8. The molecule has 2 aliphatic heterocycles. The van der Waals surface area contributed by atoms with E-state index in [2.05, 4.69) is 0 Å². The molecule has 0 saturated carbocycles. The number of hydrogen-bond acceptors (Lipinski definition) is 6. The van der Waals surface area contributed by atoms with Crippen molar-refractivity contribution in [3.63, 3.8) is 0 Å². The van der Waals surface area contributed by atoms with E-state index in [1.54, 1.807) is 6.92 Å². The van der Waals surface area contributed by atoms with Crippen LogP contribution < -0.4 is 11.9 Å². The Kier molecular flexibility index (Phi) is 8.95. The van der Waals surface area contributed by atoms with E-state index in [9.17, 15) is 19.5 Å². The zero-order chi connectivity index (χ0) is 25.9. The highest BCUT2D eigenvalue weighted by atomic mass is 31.2. The van der Waals surface area contributed by atoms with E-state index in [1.807, 2.05) is 60.7 Å². The summed E-state index contributed by atoms with van der Waals surface area (Å²) in [6.45, 7) is 2.17. The largest absolute Gasteiger partial charge is 0.479 e. The van der Waals surface area contributed by atoms with Gasteiger partial charge in [0.05, 0.1) is 6.04 Å². The highest BCUT2D eigenvalue weighted by Crippen LogP contribution is 2.67. The number of carbonyl (C=O) groups excluding carboxylic acids is 2. The minimum atomic E-state index is -3.63. The monoisotopic (exact) mass is 528 g/mol. The van der Waals surface area contributed by atoms with Gasteiger partial charge in [-0.3, -0.25) is 9.59 Å². The molecule has 2 fully saturated rings. The molecule has 4 rings (SSSR count). The highest BCUT2D eigenvalue weighted by molar-refractivity contribution is 7.65. The van der Waals surface area contributed by atoms with Gasteiger partial charge in [-0.1, -0.05) is 60.7 Å². The van der Waals surface area contributed by atoms with Crippen molar-refractivity contribution in [1.82, 2.24) is 16.0 Å². The minimum Gasteiger partial charge on any atom is -0.479 e. The SMILES string of the molecule is C[C@H](N)C(=O)N1CCC[C@H]1C(=O)N1CCC[C@]1(C(=O)O)P(=O)(Cc1ccccc1)Cc1ccccc1.N. The van der Waals surface area contributed by atoms with Gasteiger partial charge in [0.2, 0.25) is 11.8 Å². The van der Waals surface area contributed by atoms with Gasteiger partial charge < -0.3 is 31.4 Å². The molecule has 37 heavy (non-hydrogen) atoms. The average molecular weight is 529 g/mol. The molecule has 6 N–H and O–H groups in total. The van der Waals surface area contributed by atoms with E-state index in [0.717, 1.165) is 11.1 Å². The Hall–Kier alpha value is -3.00. The van der Waals surface area contributed by atoms with Crippen molar-refractivity contribution in [3.8, 4) is 0 Å². The molecule has 2 saturated heterocycles. The van der Waals surface area contributed by atoms with E-state index >= 15 is 4.57 Å². The third-order valence-corrected chi connectivity index (χ3v) is 11.2. The van der Waals surface area contributed by atoms with Gasteiger partial charge in [0.1, 0.15) is 13.2 Å². The first-order valence-electron chi connectivity index (χ1n) is 12.5. The van der Waals surface area contributed by atoms with Crippen LogP contribution in [-0.2, 0) is 31.3 Å². The summed E-state index contributed by atoms with van der Waals surface area (Å²) in [5.74, 6) is -2.02. The summed E-state index contributed by atoms with van der Waals surface area (Å²) < 4.78 is 15.1. The van der Waals surface area contributed by atoms with Gasteiger partial charge in [-0.05, 0) is 43.7 Å². The molecule has 9 nitrogen and oxygen atoms in total. The second-order valence-electron chi connectivity index (χ2n) is 9.87. The van der Waals surface area contributed by atoms with Crippen molar-refractivity contribution in [2.24, 2.45) is 5.73 Å². The molecule has 200 valence electrons. The molecule has 2 heterocycles. The normalized spacial score (nSPS) is 22.4. The van der Waals surface area contributed by atoms with Gasteiger partial charge in [0.25, 0.3) is 0 Å². The Morgan fingerprint density at radius 3 is 2.03 bits per heavy atom. The Morgan fingerprint density at radius 2 is 1.54 bits per heavy atom. The summed E-state index contributed by atoms with van der Waals surface area (Å²) in [6, 6.07) is 16.9. The van der Waals surface area contributed by atoms with Crippen LogP contribution in [-0.4, -0.2) is 63.1 Å². The Labute approximate surface area is 218 Å². The molecule has 0 radical (unpaired) electrons. The summed E-state index contributed by atoms with van der Waals surface area (Å²) in [5, 5.41) is 8.87. The molecule has 2 amide bonds. The predicted octanol–water partition coefficient (Wildman–Crippen LogP) is 3.65. The number of carboxylic acid groups (broad SMARTS) is 1. The molecule has 0 aliphatic carbocycles. The van der Waals surface area contributed by atoms with Crippen molar-refractivity contribution >= 4 is 24.9 Å². The molecule has 0 unspecified atom stereocenters. The van der Waals surface area contributed by atoms with Gasteiger partial charge in [0, 0.05) is 25.4 Å². The number of carbonyl (C=O) groups is 3. The zero-order valence-corrected chi connectivity index (χ0v) is 22.2. The van der Waals surface area contributed by atoms with Crippen LogP contribution in [0.2, 0.25) is 0 Å². The van der Waals surface area contributed by atoms with Crippen LogP contribution in [0, 0.1) is 0 Å². The second kappa shape index (κ2) is 11.6. The van der Waals surface area contributed by atoms with Gasteiger partial charge in [0.15, 0.2) is 5.28 Å². The van der Waals surface area contributed by atoms with E-state index in [-0.39, 0.29) is 37.3 Å². The van der Waals surface area contributed by atoms with Crippen LogP contribution in [0.25, 0.3) is 0 Å². The van der Waals surface area contributed by atoms with Crippen LogP contribution in [0.4, 0.5) is 0 Å². The number of nitrogens with zero attached hydrogens (tertiary/aromatic N) is 2. The molecule has 0 spiro atoms. The molecule has 0 aromatic heterocycles. The smallest absolute Gasteiger partial charge is 0.337 e. The third-order valence-electron chi connectivity index (χ3n) is 7.41. The Morgan fingerprint density at radius 1 is 1.00 bits per heavy atom. The minimum absolute atomic E-state index is 0. The fourth-order valence-corrected chi connectivity index (χ4v) is 9.51. The summed E-state index contributed by atoms with van der Waals surface area (Å²) in [6.07, 6.45) is 1.73. The predicted molar refractivity (Wildman–Crippen MR) is 143 cm³/mol.